The Bertz CT molecular complexity index is 255. The van der Waals surface area contributed by atoms with Crippen LogP contribution in [0.2, 0.25) is 0 Å². The minimum Gasteiger partial charge on any atom is -0.432 e. The van der Waals surface area contributed by atoms with E-state index in [1.807, 2.05) is 0 Å². The van der Waals surface area contributed by atoms with E-state index < -0.39 is 0 Å². The van der Waals surface area contributed by atoms with Crippen LogP contribution in [0.5, 0.6) is 0 Å². The first-order chi connectivity index (χ1) is 7.08. The first-order valence-corrected chi connectivity index (χ1v) is 5.49. The molecule has 0 radical (unpaired) electrons. The van der Waals surface area contributed by atoms with Crippen LogP contribution in [0.1, 0.15) is 33.4 Å². The van der Waals surface area contributed by atoms with Crippen LogP contribution in [0.3, 0.4) is 0 Å². The Morgan fingerprint density at radius 1 is 1.33 bits per heavy atom. The summed E-state index contributed by atoms with van der Waals surface area (Å²) in [5.74, 6) is 0.592. The van der Waals surface area contributed by atoms with Crippen LogP contribution in [-0.2, 0) is 6.54 Å². The van der Waals surface area contributed by atoms with Gasteiger partial charge in [0.15, 0.2) is 0 Å². The maximum Gasteiger partial charge on any atom is 0.294 e. The molecule has 0 saturated carbocycles. The van der Waals surface area contributed by atoms with Gasteiger partial charge in [0.25, 0.3) is 6.01 Å². The first-order valence-electron chi connectivity index (χ1n) is 5.49. The molecule has 0 spiro atoms. The number of hydrogen-bond acceptors (Lipinski definition) is 4. The molecule has 0 aliphatic carbocycles. The molecule has 0 fully saturated rings. The molecule has 0 unspecified atom stereocenters. The fourth-order valence-electron chi connectivity index (χ4n) is 1.07. The van der Waals surface area contributed by atoms with Crippen molar-refractivity contribution in [1.82, 2.24) is 10.3 Å². The summed E-state index contributed by atoms with van der Waals surface area (Å²) in [6, 6.07) is 1.08. The van der Waals surface area contributed by atoms with Gasteiger partial charge in [0, 0.05) is 19.1 Å². The molecule has 2 N–H and O–H groups in total. The van der Waals surface area contributed by atoms with Crippen molar-refractivity contribution in [3.63, 3.8) is 0 Å². The van der Waals surface area contributed by atoms with Gasteiger partial charge in [-0.2, -0.15) is 4.98 Å². The minimum atomic E-state index is 0.466. The number of anilines is 1. The molecule has 4 heteroatoms. The van der Waals surface area contributed by atoms with Crippen LogP contribution < -0.4 is 10.6 Å². The smallest absolute Gasteiger partial charge is 0.294 e. The summed E-state index contributed by atoms with van der Waals surface area (Å²) in [5.41, 5.74) is 0.940. The average molecular weight is 211 g/mol. The van der Waals surface area contributed by atoms with E-state index in [9.17, 15) is 0 Å². The monoisotopic (exact) mass is 211 g/mol. The lowest BCUT2D eigenvalue weighted by molar-refractivity contribution is 0.552. The average Bonchev–Trinajstić information content (AvgIpc) is 2.59. The Balaban J connectivity index is 2.35. The molecule has 4 nitrogen and oxygen atoms in total. The zero-order chi connectivity index (χ0) is 11.3. The van der Waals surface area contributed by atoms with Gasteiger partial charge < -0.3 is 15.1 Å². The second-order valence-electron chi connectivity index (χ2n) is 4.45. The number of nitrogens with one attached hydrogen (secondary N) is 2. The van der Waals surface area contributed by atoms with E-state index in [1.165, 1.54) is 0 Å². The topological polar surface area (TPSA) is 50.1 Å². The molecule has 0 atom stereocenters. The van der Waals surface area contributed by atoms with Crippen LogP contribution in [0.4, 0.5) is 6.01 Å². The number of rotatable bonds is 6. The van der Waals surface area contributed by atoms with Crippen molar-refractivity contribution in [2.45, 2.75) is 40.3 Å². The molecule has 1 aromatic rings. The number of oxazole rings is 1. The third kappa shape index (κ3) is 4.83. The Hall–Kier alpha value is -1.03. The normalized spacial score (nSPS) is 11.3. The zero-order valence-corrected chi connectivity index (χ0v) is 10.0. The van der Waals surface area contributed by atoms with Gasteiger partial charge in [-0.3, -0.25) is 0 Å². The summed E-state index contributed by atoms with van der Waals surface area (Å²) in [7, 11) is 0. The van der Waals surface area contributed by atoms with Gasteiger partial charge in [-0.1, -0.05) is 27.7 Å². The van der Waals surface area contributed by atoms with Gasteiger partial charge in [-0.25, -0.2) is 0 Å². The Labute approximate surface area is 91.5 Å². The number of hydrogen-bond donors (Lipinski definition) is 2. The summed E-state index contributed by atoms with van der Waals surface area (Å²) in [5, 5.41) is 6.44. The van der Waals surface area contributed by atoms with E-state index >= 15 is 0 Å². The fourth-order valence-corrected chi connectivity index (χ4v) is 1.07. The van der Waals surface area contributed by atoms with E-state index in [0.717, 1.165) is 18.8 Å². The lowest BCUT2D eigenvalue weighted by Gasteiger charge is -2.04. The lowest BCUT2D eigenvalue weighted by atomic mass is 10.2. The maximum absolute atomic E-state index is 5.29. The molecule has 1 rings (SSSR count). The minimum absolute atomic E-state index is 0.466. The van der Waals surface area contributed by atoms with E-state index in [-0.39, 0.29) is 0 Å². The lowest BCUT2D eigenvalue weighted by Crippen LogP contribution is -2.22. The predicted octanol–water partition coefficient (Wildman–Crippen LogP) is 2.24. The molecular formula is C11H21N3O. The molecule has 0 saturated heterocycles. The van der Waals surface area contributed by atoms with E-state index in [0.29, 0.717) is 18.0 Å². The quantitative estimate of drug-likeness (QED) is 0.757. The Morgan fingerprint density at radius 2 is 2.07 bits per heavy atom. The molecule has 1 aromatic heterocycles. The van der Waals surface area contributed by atoms with Gasteiger partial charge in [-0.05, 0) is 5.92 Å². The second kappa shape index (κ2) is 5.75. The number of aromatic nitrogens is 1. The molecule has 1 heterocycles. The second-order valence-corrected chi connectivity index (χ2v) is 4.45. The van der Waals surface area contributed by atoms with Crippen LogP contribution in [0, 0.1) is 5.92 Å². The summed E-state index contributed by atoms with van der Waals surface area (Å²) in [6.45, 7) is 10.2. The summed E-state index contributed by atoms with van der Waals surface area (Å²) >= 11 is 0. The standard InChI is InChI=1S/C11H21N3O/c1-8(2)5-13-11-14-10(7-15-11)6-12-9(3)4/h7-9,12H,5-6H2,1-4H3,(H,13,14). The molecule has 0 aliphatic heterocycles. The maximum atomic E-state index is 5.29. The molecule has 0 aromatic carbocycles. The van der Waals surface area contributed by atoms with Crippen LogP contribution in [0.25, 0.3) is 0 Å². The van der Waals surface area contributed by atoms with Gasteiger partial charge >= 0.3 is 0 Å². The molecule has 0 amide bonds. The van der Waals surface area contributed by atoms with Gasteiger partial charge in [0.05, 0.1) is 5.69 Å². The molecule has 0 bridgehead atoms. The van der Waals surface area contributed by atoms with Crippen LogP contribution in [-0.4, -0.2) is 17.6 Å². The molecular weight excluding hydrogens is 190 g/mol. The van der Waals surface area contributed by atoms with Crippen molar-refractivity contribution in [3.05, 3.63) is 12.0 Å². The third-order valence-corrected chi connectivity index (χ3v) is 1.90. The highest BCUT2D eigenvalue weighted by Crippen LogP contribution is 2.08. The molecule has 86 valence electrons. The van der Waals surface area contributed by atoms with E-state index in [1.54, 1.807) is 6.26 Å². The van der Waals surface area contributed by atoms with Gasteiger partial charge in [0.1, 0.15) is 6.26 Å². The predicted molar refractivity (Wildman–Crippen MR) is 61.8 cm³/mol. The highest BCUT2D eigenvalue weighted by atomic mass is 16.4. The third-order valence-electron chi connectivity index (χ3n) is 1.90. The molecule has 0 aliphatic rings. The fraction of sp³-hybridized carbons (Fsp3) is 0.727. The largest absolute Gasteiger partial charge is 0.432 e. The summed E-state index contributed by atoms with van der Waals surface area (Å²) in [4.78, 5) is 4.31. The van der Waals surface area contributed by atoms with Gasteiger partial charge in [0.2, 0.25) is 0 Å². The first kappa shape index (κ1) is 12.0. The summed E-state index contributed by atoms with van der Waals surface area (Å²) < 4.78 is 5.29. The van der Waals surface area contributed by atoms with Crippen LogP contribution in [0.15, 0.2) is 10.7 Å². The van der Waals surface area contributed by atoms with Gasteiger partial charge in [-0.15, -0.1) is 0 Å². The van der Waals surface area contributed by atoms with Crippen molar-refractivity contribution in [3.8, 4) is 0 Å². The number of nitrogens with zero attached hydrogens (tertiary/aromatic N) is 1. The Morgan fingerprint density at radius 3 is 2.67 bits per heavy atom. The van der Waals surface area contributed by atoms with E-state index in [4.69, 9.17) is 4.42 Å². The highest BCUT2D eigenvalue weighted by molar-refractivity contribution is 5.20. The van der Waals surface area contributed by atoms with Crippen molar-refractivity contribution < 1.29 is 4.42 Å². The van der Waals surface area contributed by atoms with Crippen LogP contribution >= 0.6 is 0 Å². The zero-order valence-electron chi connectivity index (χ0n) is 10.0. The molecule has 15 heavy (non-hydrogen) atoms. The van der Waals surface area contributed by atoms with E-state index in [2.05, 4.69) is 43.3 Å². The van der Waals surface area contributed by atoms with Crippen molar-refractivity contribution in [2.24, 2.45) is 5.92 Å². The van der Waals surface area contributed by atoms with Crippen molar-refractivity contribution in [2.75, 3.05) is 11.9 Å². The van der Waals surface area contributed by atoms with Crippen molar-refractivity contribution >= 4 is 6.01 Å². The SMILES string of the molecule is CC(C)CNc1nc(CNC(C)C)co1. The van der Waals surface area contributed by atoms with Crippen molar-refractivity contribution in [1.29, 1.82) is 0 Å². The summed E-state index contributed by atoms with van der Waals surface area (Å²) in [6.07, 6.45) is 1.69. The Kier molecular flexibility index (Phi) is 4.62. The highest BCUT2D eigenvalue weighted by Gasteiger charge is 2.04.